The van der Waals surface area contributed by atoms with Crippen LogP contribution in [0, 0.1) is 5.92 Å². The van der Waals surface area contributed by atoms with Crippen LogP contribution in [0.4, 0.5) is 0 Å². The molecule has 3 fully saturated rings. The normalized spacial score (nSPS) is 37.9. The minimum absolute atomic E-state index is 0.304. The number of rotatable bonds is 3. The molecular formula is C14H24N2OS. The molecule has 3 rings (SSSR count). The second-order valence-corrected chi connectivity index (χ2v) is 7.98. The molecule has 2 heterocycles. The molecule has 4 heteroatoms. The lowest BCUT2D eigenvalue weighted by Gasteiger charge is -2.35. The van der Waals surface area contributed by atoms with Gasteiger partial charge in [-0.2, -0.15) is 11.8 Å². The van der Waals surface area contributed by atoms with Gasteiger partial charge in [-0.25, -0.2) is 0 Å². The predicted octanol–water partition coefficient (Wildman–Crippen LogP) is 2.22. The van der Waals surface area contributed by atoms with Crippen LogP contribution in [0.5, 0.6) is 0 Å². The summed E-state index contributed by atoms with van der Waals surface area (Å²) in [5.74, 6) is 2.28. The van der Waals surface area contributed by atoms with Crippen molar-refractivity contribution in [1.29, 1.82) is 0 Å². The van der Waals surface area contributed by atoms with E-state index in [1.165, 1.54) is 44.3 Å². The Morgan fingerprint density at radius 1 is 1.39 bits per heavy atom. The molecule has 0 spiro atoms. The van der Waals surface area contributed by atoms with Crippen LogP contribution in [0.1, 0.15) is 45.4 Å². The van der Waals surface area contributed by atoms with Crippen LogP contribution in [0.25, 0.3) is 0 Å². The Labute approximate surface area is 114 Å². The lowest BCUT2D eigenvalue weighted by molar-refractivity contribution is -0.129. The second kappa shape index (κ2) is 5.04. The summed E-state index contributed by atoms with van der Waals surface area (Å²) in [6.07, 6.45) is 8.19. The summed E-state index contributed by atoms with van der Waals surface area (Å²) in [7, 11) is 0. The highest BCUT2D eigenvalue weighted by Gasteiger charge is 2.41. The van der Waals surface area contributed by atoms with Crippen molar-refractivity contribution >= 4 is 17.7 Å². The molecule has 102 valence electrons. The topological polar surface area (TPSA) is 32.3 Å². The minimum atomic E-state index is 0.304. The Morgan fingerprint density at radius 2 is 2.17 bits per heavy atom. The van der Waals surface area contributed by atoms with Gasteiger partial charge in [0.2, 0.25) is 5.91 Å². The summed E-state index contributed by atoms with van der Waals surface area (Å²) >= 11 is 2.06. The largest absolute Gasteiger partial charge is 0.324 e. The van der Waals surface area contributed by atoms with Crippen LogP contribution in [0.15, 0.2) is 0 Å². The monoisotopic (exact) mass is 268 g/mol. The molecule has 1 aliphatic carbocycles. The van der Waals surface area contributed by atoms with Crippen LogP contribution in [0.2, 0.25) is 0 Å². The maximum absolute atomic E-state index is 12.1. The van der Waals surface area contributed by atoms with Gasteiger partial charge >= 0.3 is 0 Å². The van der Waals surface area contributed by atoms with Crippen molar-refractivity contribution < 1.29 is 4.79 Å². The standard InChI is InChI=1S/C14H24N2OS/c1-14(7-4-8-18-14)10-16-12(17)9-15-13(16)11-5-2-3-6-11/h11,13,15H,2-10H2,1H3. The molecule has 3 nitrogen and oxygen atoms in total. The van der Waals surface area contributed by atoms with Gasteiger partial charge in [0.05, 0.1) is 12.7 Å². The molecule has 0 aromatic carbocycles. The highest BCUT2D eigenvalue weighted by Crippen LogP contribution is 2.40. The number of hydrogen-bond donors (Lipinski definition) is 1. The molecule has 1 saturated carbocycles. The molecule has 2 aliphatic heterocycles. The Kier molecular flexibility index (Phi) is 3.59. The lowest BCUT2D eigenvalue weighted by Crippen LogP contribution is -2.47. The number of nitrogens with zero attached hydrogens (tertiary/aromatic N) is 1. The maximum atomic E-state index is 12.1. The molecular weight excluding hydrogens is 244 g/mol. The van der Waals surface area contributed by atoms with Gasteiger partial charge < -0.3 is 4.90 Å². The number of hydrogen-bond acceptors (Lipinski definition) is 3. The fourth-order valence-corrected chi connectivity index (χ4v) is 5.06. The SMILES string of the molecule is CC1(CN2C(=O)CNC2C2CCCC2)CCCS1. The van der Waals surface area contributed by atoms with Gasteiger partial charge in [-0.1, -0.05) is 12.8 Å². The number of thioether (sulfide) groups is 1. The van der Waals surface area contributed by atoms with Crippen LogP contribution in [-0.2, 0) is 4.79 Å². The van der Waals surface area contributed by atoms with Crippen molar-refractivity contribution in [1.82, 2.24) is 10.2 Å². The van der Waals surface area contributed by atoms with Crippen molar-refractivity contribution in [3.63, 3.8) is 0 Å². The van der Waals surface area contributed by atoms with Crippen molar-refractivity contribution in [3.05, 3.63) is 0 Å². The Morgan fingerprint density at radius 3 is 2.83 bits per heavy atom. The Hall–Kier alpha value is -0.220. The highest BCUT2D eigenvalue weighted by molar-refractivity contribution is 8.00. The quantitative estimate of drug-likeness (QED) is 0.852. The first-order valence-electron chi connectivity index (χ1n) is 7.35. The fourth-order valence-electron chi connectivity index (χ4n) is 3.76. The molecule has 18 heavy (non-hydrogen) atoms. The zero-order valence-corrected chi connectivity index (χ0v) is 12.1. The van der Waals surface area contributed by atoms with E-state index in [2.05, 4.69) is 28.9 Å². The van der Waals surface area contributed by atoms with Gasteiger partial charge in [0.15, 0.2) is 0 Å². The van der Waals surface area contributed by atoms with Crippen molar-refractivity contribution in [2.24, 2.45) is 5.92 Å². The van der Waals surface area contributed by atoms with Gasteiger partial charge in [0.1, 0.15) is 0 Å². The molecule has 2 unspecified atom stereocenters. The molecule has 3 aliphatic rings. The summed E-state index contributed by atoms with van der Waals surface area (Å²) in [6.45, 7) is 3.84. The third kappa shape index (κ3) is 2.42. The van der Waals surface area contributed by atoms with Gasteiger partial charge in [-0.05, 0) is 44.3 Å². The average Bonchev–Trinajstić information content (AvgIpc) is 3.03. The number of amides is 1. The summed E-state index contributed by atoms with van der Waals surface area (Å²) in [5.41, 5.74) is 0. The highest BCUT2D eigenvalue weighted by atomic mass is 32.2. The minimum Gasteiger partial charge on any atom is -0.324 e. The molecule has 0 aromatic heterocycles. The predicted molar refractivity (Wildman–Crippen MR) is 75.6 cm³/mol. The molecule has 0 radical (unpaired) electrons. The summed E-state index contributed by atoms with van der Waals surface area (Å²) in [4.78, 5) is 14.3. The summed E-state index contributed by atoms with van der Waals surface area (Å²) in [5, 5.41) is 3.46. The fraction of sp³-hybridized carbons (Fsp3) is 0.929. The number of nitrogens with one attached hydrogen (secondary N) is 1. The van der Waals surface area contributed by atoms with Crippen LogP contribution < -0.4 is 5.32 Å². The Balaban J connectivity index is 1.68. The number of carbonyl (C=O) groups is 1. The van der Waals surface area contributed by atoms with Crippen molar-refractivity contribution in [3.8, 4) is 0 Å². The van der Waals surface area contributed by atoms with Crippen LogP contribution >= 0.6 is 11.8 Å². The van der Waals surface area contributed by atoms with E-state index in [4.69, 9.17) is 0 Å². The van der Waals surface area contributed by atoms with Gasteiger partial charge in [0.25, 0.3) is 0 Å². The molecule has 2 atom stereocenters. The maximum Gasteiger partial charge on any atom is 0.237 e. The zero-order chi connectivity index (χ0) is 12.6. The van der Waals surface area contributed by atoms with E-state index in [9.17, 15) is 4.79 Å². The van der Waals surface area contributed by atoms with Crippen molar-refractivity contribution in [2.75, 3.05) is 18.8 Å². The van der Waals surface area contributed by atoms with E-state index in [1.54, 1.807) is 0 Å². The van der Waals surface area contributed by atoms with Crippen LogP contribution in [0.3, 0.4) is 0 Å². The molecule has 1 amide bonds. The first-order valence-corrected chi connectivity index (χ1v) is 8.33. The Bertz CT molecular complexity index is 322. The van der Waals surface area contributed by atoms with E-state index in [-0.39, 0.29) is 0 Å². The molecule has 0 bridgehead atoms. The van der Waals surface area contributed by atoms with E-state index in [0.717, 1.165) is 6.54 Å². The van der Waals surface area contributed by atoms with E-state index >= 15 is 0 Å². The summed E-state index contributed by atoms with van der Waals surface area (Å²) < 4.78 is 0.304. The zero-order valence-electron chi connectivity index (χ0n) is 11.3. The summed E-state index contributed by atoms with van der Waals surface area (Å²) in [6, 6.07) is 0. The third-order valence-electron chi connectivity index (χ3n) is 4.77. The van der Waals surface area contributed by atoms with E-state index < -0.39 is 0 Å². The van der Waals surface area contributed by atoms with E-state index in [1.807, 2.05) is 0 Å². The lowest BCUT2D eigenvalue weighted by atomic mass is 10.0. The molecule has 1 N–H and O–H groups in total. The third-order valence-corrected chi connectivity index (χ3v) is 6.29. The molecule has 0 aromatic rings. The average molecular weight is 268 g/mol. The molecule has 2 saturated heterocycles. The first kappa shape index (κ1) is 12.8. The van der Waals surface area contributed by atoms with Crippen molar-refractivity contribution in [2.45, 2.75) is 56.4 Å². The van der Waals surface area contributed by atoms with Gasteiger partial charge in [-0.3, -0.25) is 10.1 Å². The second-order valence-electron chi connectivity index (χ2n) is 6.29. The van der Waals surface area contributed by atoms with E-state index in [0.29, 0.717) is 29.3 Å². The van der Waals surface area contributed by atoms with Gasteiger partial charge in [0, 0.05) is 11.3 Å². The smallest absolute Gasteiger partial charge is 0.237 e. The number of carbonyl (C=O) groups excluding carboxylic acids is 1. The van der Waals surface area contributed by atoms with Crippen LogP contribution in [-0.4, -0.2) is 40.6 Å². The first-order chi connectivity index (χ1) is 8.68. The van der Waals surface area contributed by atoms with Gasteiger partial charge in [-0.15, -0.1) is 0 Å².